The highest BCUT2D eigenvalue weighted by molar-refractivity contribution is 7.93. The molecule has 1 amide bonds. The Morgan fingerprint density at radius 2 is 1.83 bits per heavy atom. The molecule has 2 saturated heterocycles. The number of ether oxygens (including phenoxy) is 2. The van der Waals surface area contributed by atoms with Crippen LogP contribution in [-0.2, 0) is 26.2 Å². The van der Waals surface area contributed by atoms with E-state index in [2.05, 4.69) is 54.8 Å². The molecule has 0 radical (unpaired) electrons. The molecule has 66 heavy (non-hydrogen) atoms. The van der Waals surface area contributed by atoms with Crippen molar-refractivity contribution in [2.24, 2.45) is 15.7 Å². The van der Waals surface area contributed by atoms with Crippen molar-refractivity contribution >= 4 is 65.2 Å². The summed E-state index contributed by atoms with van der Waals surface area (Å²) in [6.07, 6.45) is 9.38. The number of pyridine rings is 1. The summed E-state index contributed by atoms with van der Waals surface area (Å²) in [5, 5.41) is 13.9. The topological polar surface area (TPSA) is 189 Å². The molecule has 4 aliphatic rings. The molecule has 18 heteroatoms. The molecule has 3 aromatic carbocycles. The number of halogens is 1. The molecule has 348 valence electrons. The fraction of sp³-hybridized carbons (Fsp3) is 0.417. The second-order valence-corrected chi connectivity index (χ2v) is 23.3. The van der Waals surface area contributed by atoms with Gasteiger partial charge in [-0.2, -0.15) is 0 Å². The van der Waals surface area contributed by atoms with Crippen LogP contribution in [-0.4, -0.2) is 95.7 Å². The molecule has 15 nitrogen and oxygen atoms in total. The number of fused-ring (bicyclic) bond motifs is 2. The molecule has 1 atom stereocenters. The molecule has 0 bridgehead atoms. The summed E-state index contributed by atoms with van der Waals surface area (Å²) >= 11 is 6.25. The number of piperazine rings is 1. The lowest BCUT2D eigenvalue weighted by Gasteiger charge is -2.39. The van der Waals surface area contributed by atoms with Crippen LogP contribution in [0.1, 0.15) is 73.9 Å². The van der Waals surface area contributed by atoms with E-state index >= 15 is 0 Å². The second kappa shape index (κ2) is 18.7. The van der Waals surface area contributed by atoms with Crippen LogP contribution in [0, 0.1) is 21.4 Å². The first-order valence-electron chi connectivity index (χ1n) is 22.5. The van der Waals surface area contributed by atoms with Crippen LogP contribution in [0.4, 0.5) is 11.4 Å². The summed E-state index contributed by atoms with van der Waals surface area (Å²) in [5.41, 5.74) is 5.45. The number of nitrogens with zero attached hydrogens (tertiary/aromatic N) is 5. The number of H-pyrrole nitrogens is 1. The Labute approximate surface area is 390 Å². The Balaban J connectivity index is 0.937. The first-order chi connectivity index (χ1) is 31.6. The van der Waals surface area contributed by atoms with Crippen LogP contribution in [0.5, 0.6) is 17.2 Å². The smallest absolute Gasteiger partial charge is 0.277 e. The number of carbonyl (C=O) groups excluding carboxylic acids is 1. The van der Waals surface area contributed by atoms with Gasteiger partial charge in [-0.1, -0.05) is 49.6 Å². The highest BCUT2D eigenvalue weighted by Crippen LogP contribution is 2.44. The largest absolute Gasteiger partial charge is 0.493 e. The number of sulfonamides is 1. The minimum Gasteiger partial charge on any atom is -0.493 e. The lowest BCUT2D eigenvalue weighted by molar-refractivity contribution is -0.386. The van der Waals surface area contributed by atoms with Gasteiger partial charge in [0.25, 0.3) is 21.6 Å². The van der Waals surface area contributed by atoms with Gasteiger partial charge in [-0.25, -0.2) is 26.7 Å². The van der Waals surface area contributed by atoms with Crippen LogP contribution in [0.2, 0.25) is 5.02 Å². The van der Waals surface area contributed by atoms with Gasteiger partial charge in [-0.3, -0.25) is 19.8 Å². The van der Waals surface area contributed by atoms with E-state index in [-0.39, 0.29) is 53.5 Å². The molecule has 2 N–H and O–H groups in total. The standard InChI is InChI=1S/C48H54ClN7O8S2/c1-48(2)14-12-35(42(27-48)33-6-8-36(49)9-7-33)30-54-16-18-55(19-17-54)37-10-11-40(45(24-37)64-38-23-34-13-15-50-46(34)51-29-38)47(57)53-66(61,62)39-25-43(56(58)59)41-22-32(31-63-44(41)26-39)28-52-65(60)20-4-3-5-21-65/h6-11,13,15,23-26,29,32H,3-5,12,14,16-22,27-28,30-31H2,1-2H3,(H,50,51)(H,53,57)/t32-/m1/s1. The number of nitrogens with one attached hydrogen (secondary N) is 2. The summed E-state index contributed by atoms with van der Waals surface area (Å²) in [4.78, 5) is 37.5. The normalized spacial score (nSPS) is 19.7. The Hall–Kier alpha value is -5.49. The van der Waals surface area contributed by atoms with Crippen molar-refractivity contribution in [2.45, 2.75) is 63.7 Å². The summed E-state index contributed by atoms with van der Waals surface area (Å²) in [6, 6.07) is 18.9. The first-order valence-corrected chi connectivity index (χ1v) is 26.2. The minimum absolute atomic E-state index is 0.0395. The van der Waals surface area contributed by atoms with Gasteiger partial charge in [0.2, 0.25) is 0 Å². The molecule has 9 rings (SSSR count). The maximum Gasteiger partial charge on any atom is 0.277 e. The van der Waals surface area contributed by atoms with Crippen molar-refractivity contribution in [2.75, 3.05) is 62.3 Å². The average molecular weight is 957 g/mol. The molecule has 2 fully saturated rings. The van der Waals surface area contributed by atoms with E-state index in [0.29, 0.717) is 36.0 Å². The van der Waals surface area contributed by atoms with Crippen LogP contribution in [0.3, 0.4) is 0 Å². The molecular formula is C48H54ClN7O8S2. The number of hydrogen-bond acceptors (Lipinski definition) is 12. The van der Waals surface area contributed by atoms with Gasteiger partial charge in [0.1, 0.15) is 22.9 Å². The summed E-state index contributed by atoms with van der Waals surface area (Å²) in [6.45, 7) is 8.90. The lowest BCUT2D eigenvalue weighted by Crippen LogP contribution is -2.47. The molecule has 5 aromatic rings. The molecule has 2 aromatic heterocycles. The van der Waals surface area contributed by atoms with E-state index in [1.165, 1.54) is 35.0 Å². The highest BCUT2D eigenvalue weighted by Gasteiger charge is 2.34. The van der Waals surface area contributed by atoms with Crippen molar-refractivity contribution < 1.29 is 31.8 Å². The zero-order valence-corrected chi connectivity index (χ0v) is 39.5. The van der Waals surface area contributed by atoms with Crippen molar-refractivity contribution in [3.63, 3.8) is 0 Å². The SMILES string of the molecule is CC1(C)CCC(CN2CCN(c3ccc(C(=O)NS(=O)(=O)c4cc5c(c([N+](=O)[O-])c4)C[C@H](CN=S4(=O)CCCCC4)CO5)c(Oc4cnc5[nH]ccc5c4)c3)CC2)=C(c2ccc(Cl)cc2)C1. The fourth-order valence-electron chi connectivity index (χ4n) is 9.45. The predicted molar refractivity (Wildman–Crippen MR) is 257 cm³/mol. The van der Waals surface area contributed by atoms with Gasteiger partial charge in [-0.05, 0) is 91.5 Å². The van der Waals surface area contributed by atoms with Gasteiger partial charge in [0.05, 0.1) is 40.3 Å². The first kappa shape index (κ1) is 45.7. The van der Waals surface area contributed by atoms with E-state index in [1.807, 2.05) is 18.2 Å². The number of benzene rings is 3. The number of nitro benzene ring substituents is 1. The van der Waals surface area contributed by atoms with Gasteiger partial charge >= 0.3 is 0 Å². The molecule has 0 spiro atoms. The number of amides is 1. The molecule has 0 unspecified atom stereocenters. The number of aromatic nitrogens is 2. The van der Waals surface area contributed by atoms with Crippen LogP contribution in [0.25, 0.3) is 16.6 Å². The Morgan fingerprint density at radius 3 is 2.59 bits per heavy atom. The van der Waals surface area contributed by atoms with Gasteiger partial charge < -0.3 is 19.4 Å². The summed E-state index contributed by atoms with van der Waals surface area (Å²) in [7, 11) is -6.99. The number of carbonyl (C=O) groups is 1. The number of rotatable bonds is 12. The Bertz CT molecular complexity index is 2940. The zero-order chi connectivity index (χ0) is 46.2. The van der Waals surface area contributed by atoms with Gasteiger partial charge in [0, 0.05) is 100 Å². The third-order valence-corrected chi connectivity index (χ3v) is 17.2. The molecule has 0 saturated carbocycles. The van der Waals surface area contributed by atoms with E-state index in [0.717, 1.165) is 80.3 Å². The Kier molecular flexibility index (Phi) is 12.9. The van der Waals surface area contributed by atoms with Crippen molar-refractivity contribution in [3.05, 3.63) is 117 Å². The number of anilines is 1. The minimum atomic E-state index is -4.67. The summed E-state index contributed by atoms with van der Waals surface area (Å²) < 4.78 is 59.9. The fourth-order valence-corrected chi connectivity index (χ4v) is 12.8. The number of allylic oxidation sites excluding steroid dienone is 1. The number of aromatic amines is 1. The number of hydrogen-bond donors (Lipinski definition) is 2. The maximum atomic E-state index is 14.1. The average Bonchev–Trinajstić information content (AvgIpc) is 3.77. The quantitative estimate of drug-likeness (QED) is 0.0897. The molecule has 1 aliphatic carbocycles. The second-order valence-electron chi connectivity index (χ2n) is 18.6. The highest BCUT2D eigenvalue weighted by atomic mass is 35.5. The van der Waals surface area contributed by atoms with E-state index in [9.17, 15) is 27.5 Å². The van der Waals surface area contributed by atoms with Crippen LogP contribution in [0.15, 0.2) is 94.0 Å². The van der Waals surface area contributed by atoms with E-state index in [1.54, 1.807) is 24.4 Å². The van der Waals surface area contributed by atoms with E-state index in [4.69, 9.17) is 21.1 Å². The molecule has 5 heterocycles. The van der Waals surface area contributed by atoms with E-state index < -0.39 is 41.2 Å². The maximum absolute atomic E-state index is 14.1. The van der Waals surface area contributed by atoms with Gasteiger partial charge in [-0.15, -0.1) is 0 Å². The molecular weight excluding hydrogens is 902 g/mol. The lowest BCUT2D eigenvalue weighted by atomic mass is 9.72. The van der Waals surface area contributed by atoms with Crippen LogP contribution >= 0.6 is 11.6 Å². The third-order valence-electron chi connectivity index (χ3n) is 13.2. The summed E-state index contributed by atoms with van der Waals surface area (Å²) in [5.74, 6) is 0.318. The Morgan fingerprint density at radius 1 is 1.06 bits per heavy atom. The van der Waals surface area contributed by atoms with Crippen molar-refractivity contribution in [1.82, 2.24) is 19.6 Å². The van der Waals surface area contributed by atoms with Crippen molar-refractivity contribution in [3.8, 4) is 17.2 Å². The predicted octanol–water partition coefficient (Wildman–Crippen LogP) is 9.02. The zero-order valence-electron chi connectivity index (χ0n) is 37.1. The number of nitro groups is 1. The molecule has 3 aliphatic heterocycles. The third kappa shape index (κ3) is 10.2. The van der Waals surface area contributed by atoms with Crippen LogP contribution < -0.4 is 19.1 Å². The monoisotopic (exact) mass is 955 g/mol. The van der Waals surface area contributed by atoms with Gasteiger partial charge in [0.15, 0.2) is 0 Å². The van der Waals surface area contributed by atoms with Crippen molar-refractivity contribution in [1.29, 1.82) is 0 Å².